The Morgan fingerprint density at radius 3 is 2.24 bits per heavy atom. The van der Waals surface area contributed by atoms with Gasteiger partial charge in [-0.1, -0.05) is 12.1 Å². The maximum absolute atomic E-state index is 14.1. The van der Waals surface area contributed by atoms with E-state index in [1.807, 2.05) is 6.07 Å². The second-order valence-electron chi connectivity index (χ2n) is 9.02. The molecule has 1 saturated heterocycles. The van der Waals surface area contributed by atoms with Crippen LogP contribution >= 0.6 is 12.4 Å². The van der Waals surface area contributed by atoms with Gasteiger partial charge in [-0.2, -0.15) is 0 Å². The van der Waals surface area contributed by atoms with Gasteiger partial charge < -0.3 is 14.9 Å². The van der Waals surface area contributed by atoms with Crippen LogP contribution in [-0.4, -0.2) is 35.7 Å². The number of hydrogen-bond acceptors (Lipinski definition) is 3. The number of piperidine rings is 1. The number of halogens is 4. The molecule has 3 aromatic carbocycles. The average Bonchev–Trinajstić information content (AvgIpc) is 3.13. The summed E-state index contributed by atoms with van der Waals surface area (Å²) in [5, 5.41) is 10.4. The lowest BCUT2D eigenvalue weighted by atomic mass is 9.88. The number of anilines is 2. The van der Waals surface area contributed by atoms with Crippen LogP contribution in [0.4, 0.5) is 24.5 Å². The van der Waals surface area contributed by atoms with Gasteiger partial charge in [0.1, 0.15) is 17.5 Å². The first-order valence-corrected chi connectivity index (χ1v) is 11.5. The molecule has 0 spiro atoms. The van der Waals surface area contributed by atoms with E-state index >= 15 is 0 Å². The van der Waals surface area contributed by atoms with Gasteiger partial charge in [0, 0.05) is 36.4 Å². The van der Waals surface area contributed by atoms with Crippen molar-refractivity contribution in [3.63, 3.8) is 0 Å². The van der Waals surface area contributed by atoms with Gasteiger partial charge in [-0.15, -0.1) is 12.4 Å². The number of likely N-dealkylation sites (tertiary alicyclic amines) is 1. The lowest BCUT2D eigenvalue weighted by molar-refractivity contribution is 0.145. The van der Waals surface area contributed by atoms with Crippen molar-refractivity contribution in [1.82, 2.24) is 4.90 Å². The van der Waals surface area contributed by atoms with E-state index in [2.05, 4.69) is 9.80 Å². The third kappa shape index (κ3) is 4.95. The van der Waals surface area contributed by atoms with Gasteiger partial charge in [-0.3, -0.25) is 0 Å². The van der Waals surface area contributed by atoms with E-state index in [1.165, 1.54) is 30.3 Å². The average molecular weight is 489 g/mol. The molecule has 3 nitrogen and oxygen atoms in total. The van der Waals surface area contributed by atoms with Crippen molar-refractivity contribution < 1.29 is 18.3 Å². The van der Waals surface area contributed by atoms with Crippen LogP contribution in [0.1, 0.15) is 42.4 Å². The first-order valence-electron chi connectivity index (χ1n) is 11.5. The van der Waals surface area contributed by atoms with Gasteiger partial charge in [0.2, 0.25) is 0 Å². The molecule has 2 heterocycles. The topological polar surface area (TPSA) is 26.7 Å². The number of nitrogens with zero attached hydrogens (tertiary/aromatic N) is 2. The highest BCUT2D eigenvalue weighted by molar-refractivity contribution is 5.85. The van der Waals surface area contributed by atoms with Gasteiger partial charge in [-0.05, 0) is 91.5 Å². The van der Waals surface area contributed by atoms with E-state index in [4.69, 9.17) is 0 Å². The Morgan fingerprint density at radius 1 is 0.882 bits per heavy atom. The first-order chi connectivity index (χ1) is 16.0. The van der Waals surface area contributed by atoms with Gasteiger partial charge in [-0.25, -0.2) is 13.2 Å². The molecule has 0 radical (unpaired) electrons. The molecule has 0 saturated carbocycles. The molecule has 2 aliphatic heterocycles. The third-order valence-corrected chi connectivity index (χ3v) is 6.95. The van der Waals surface area contributed by atoms with Crippen molar-refractivity contribution in [1.29, 1.82) is 0 Å². The van der Waals surface area contributed by atoms with E-state index in [9.17, 15) is 18.3 Å². The molecule has 5 rings (SSSR count). The molecule has 0 aliphatic carbocycles. The molecule has 0 amide bonds. The molecule has 7 heteroatoms. The summed E-state index contributed by atoms with van der Waals surface area (Å²) < 4.78 is 40.7. The normalized spacial score (nSPS) is 20.4. The molecule has 0 bridgehead atoms. The number of rotatable bonds is 6. The van der Waals surface area contributed by atoms with Crippen molar-refractivity contribution in [3.05, 3.63) is 95.3 Å². The zero-order valence-electron chi connectivity index (χ0n) is 18.7. The van der Waals surface area contributed by atoms with Crippen LogP contribution in [0.25, 0.3) is 0 Å². The Kier molecular flexibility index (Phi) is 7.51. The molecule has 180 valence electrons. The van der Waals surface area contributed by atoms with Crippen LogP contribution in [0.3, 0.4) is 0 Å². The first kappa shape index (κ1) is 24.6. The molecule has 0 unspecified atom stereocenters. The van der Waals surface area contributed by atoms with Crippen LogP contribution in [0.5, 0.6) is 0 Å². The van der Waals surface area contributed by atoms with Crippen LogP contribution in [-0.2, 0) is 0 Å². The predicted octanol–water partition coefficient (Wildman–Crippen LogP) is 6.35. The second-order valence-corrected chi connectivity index (χ2v) is 9.02. The highest BCUT2D eigenvalue weighted by Crippen LogP contribution is 2.48. The van der Waals surface area contributed by atoms with Gasteiger partial charge in [0.25, 0.3) is 0 Å². The minimum absolute atomic E-state index is 0. The highest BCUT2D eigenvalue weighted by atomic mass is 35.5. The molecule has 1 N–H and O–H groups in total. The quantitative estimate of drug-likeness (QED) is 0.438. The van der Waals surface area contributed by atoms with E-state index < -0.39 is 6.10 Å². The standard InChI is InChI=1S/C27H27F3N2O.ClH/c28-19-5-3-18(4-6-19)27(33)2-1-14-31-15-13-26-24(17-31)23-16-21(30)9-12-25(23)32(26)22-10-7-20(29)8-11-22;/h3-12,16,24,26-27,33H,1-2,13-15,17H2;1H/t24-,26+,27+;/m0./s1. The summed E-state index contributed by atoms with van der Waals surface area (Å²) in [5.74, 6) is -0.659. The summed E-state index contributed by atoms with van der Waals surface area (Å²) in [6.07, 6.45) is 1.72. The molecule has 1 fully saturated rings. The SMILES string of the molecule is Cl.O[C@H](CCCN1CC[C@@H]2[C@@H](C1)c1cc(F)ccc1N2c1ccc(F)cc1)c1ccc(F)cc1. The molecule has 2 aliphatic rings. The van der Waals surface area contributed by atoms with Crippen LogP contribution in [0, 0.1) is 17.5 Å². The van der Waals surface area contributed by atoms with E-state index in [0.717, 1.165) is 55.0 Å². The Labute approximate surface area is 204 Å². The Hall–Kier alpha value is -2.54. The zero-order chi connectivity index (χ0) is 22.9. The molecule has 3 aromatic rings. The second kappa shape index (κ2) is 10.4. The third-order valence-electron chi connectivity index (χ3n) is 6.95. The fourth-order valence-corrected chi connectivity index (χ4v) is 5.34. The predicted molar refractivity (Wildman–Crippen MR) is 130 cm³/mol. The smallest absolute Gasteiger partial charge is 0.123 e. The summed E-state index contributed by atoms with van der Waals surface area (Å²) >= 11 is 0. The van der Waals surface area contributed by atoms with Crippen LogP contribution in [0.15, 0.2) is 66.7 Å². The fourth-order valence-electron chi connectivity index (χ4n) is 5.34. The molecular formula is C27H28ClF3N2O. The molecule has 34 heavy (non-hydrogen) atoms. The zero-order valence-corrected chi connectivity index (χ0v) is 19.5. The summed E-state index contributed by atoms with van der Waals surface area (Å²) in [6.45, 7) is 2.55. The molecule has 0 aromatic heterocycles. The lowest BCUT2D eigenvalue weighted by Gasteiger charge is -2.39. The number of fused-ring (bicyclic) bond motifs is 3. The summed E-state index contributed by atoms with van der Waals surface area (Å²) in [5.41, 5.74) is 3.64. The number of aliphatic hydroxyl groups is 1. The molecule has 3 atom stereocenters. The Bertz CT molecular complexity index is 1110. The summed E-state index contributed by atoms with van der Waals surface area (Å²) in [4.78, 5) is 4.61. The van der Waals surface area contributed by atoms with Crippen molar-refractivity contribution in [2.45, 2.75) is 37.3 Å². The number of hydrogen-bond donors (Lipinski definition) is 1. The minimum Gasteiger partial charge on any atom is -0.388 e. The number of benzene rings is 3. The Balaban J connectivity index is 0.00000274. The van der Waals surface area contributed by atoms with Gasteiger partial charge >= 0.3 is 0 Å². The van der Waals surface area contributed by atoms with Crippen molar-refractivity contribution in [2.24, 2.45) is 0 Å². The van der Waals surface area contributed by atoms with Crippen molar-refractivity contribution in [2.75, 3.05) is 24.5 Å². The fraction of sp³-hybridized carbons (Fsp3) is 0.333. The van der Waals surface area contributed by atoms with Crippen molar-refractivity contribution in [3.8, 4) is 0 Å². The van der Waals surface area contributed by atoms with Gasteiger partial charge in [0.15, 0.2) is 0 Å². The largest absolute Gasteiger partial charge is 0.388 e. The van der Waals surface area contributed by atoms with Crippen LogP contribution < -0.4 is 4.90 Å². The monoisotopic (exact) mass is 488 g/mol. The lowest BCUT2D eigenvalue weighted by Crippen LogP contribution is -2.45. The highest BCUT2D eigenvalue weighted by Gasteiger charge is 2.42. The van der Waals surface area contributed by atoms with E-state index in [0.29, 0.717) is 6.42 Å². The van der Waals surface area contributed by atoms with Crippen molar-refractivity contribution >= 4 is 23.8 Å². The van der Waals surface area contributed by atoms with Crippen LogP contribution in [0.2, 0.25) is 0 Å². The summed E-state index contributed by atoms with van der Waals surface area (Å²) in [7, 11) is 0. The summed E-state index contributed by atoms with van der Waals surface area (Å²) in [6, 6.07) is 17.6. The number of aliphatic hydroxyl groups excluding tert-OH is 1. The Morgan fingerprint density at radius 2 is 1.53 bits per heavy atom. The van der Waals surface area contributed by atoms with E-state index in [-0.39, 0.29) is 41.8 Å². The maximum Gasteiger partial charge on any atom is 0.123 e. The van der Waals surface area contributed by atoms with Gasteiger partial charge in [0.05, 0.1) is 6.10 Å². The van der Waals surface area contributed by atoms with E-state index in [1.54, 1.807) is 30.3 Å². The molecular weight excluding hydrogens is 461 g/mol. The minimum atomic E-state index is -0.613. The maximum atomic E-state index is 14.1.